The summed E-state index contributed by atoms with van der Waals surface area (Å²) in [7, 11) is 0. The van der Waals surface area contributed by atoms with Gasteiger partial charge in [-0.15, -0.1) is 0 Å². The summed E-state index contributed by atoms with van der Waals surface area (Å²) in [5.41, 5.74) is 0.919. The molecule has 0 radical (unpaired) electrons. The van der Waals surface area contributed by atoms with Gasteiger partial charge >= 0.3 is 0 Å². The molecule has 0 heterocycles. The van der Waals surface area contributed by atoms with E-state index in [9.17, 15) is 4.79 Å². The second kappa shape index (κ2) is 4.18. The van der Waals surface area contributed by atoms with Crippen molar-refractivity contribution in [2.24, 2.45) is 0 Å². The van der Waals surface area contributed by atoms with Gasteiger partial charge in [0.25, 0.3) is 0 Å². The number of carbonyl (C=O) groups is 1. The zero-order chi connectivity index (χ0) is 8.81. The maximum atomic E-state index is 9.85. The number of benzene rings is 1. The molecule has 3 nitrogen and oxygen atoms in total. The van der Waals surface area contributed by atoms with Gasteiger partial charge < -0.3 is 10.4 Å². The lowest BCUT2D eigenvalue weighted by molar-refractivity contribution is -0.108. The Kier molecular flexibility index (Phi) is 2.90. The van der Waals surface area contributed by atoms with E-state index in [-0.39, 0.29) is 5.75 Å². The lowest BCUT2D eigenvalue weighted by Gasteiger charge is -1.92. The molecule has 3 heteroatoms. The van der Waals surface area contributed by atoms with E-state index >= 15 is 0 Å². The maximum Gasteiger partial charge on any atom is 0.211 e. The summed E-state index contributed by atoms with van der Waals surface area (Å²) in [6.07, 6.45) is 3.85. The molecule has 0 aromatic heterocycles. The number of aromatic hydroxyl groups is 1. The van der Waals surface area contributed by atoms with Crippen LogP contribution < -0.4 is 5.32 Å². The van der Waals surface area contributed by atoms with Crippen LogP contribution in [0.15, 0.2) is 30.5 Å². The SMILES string of the molecule is O=CN/C=C/c1ccc(O)cc1. The largest absolute Gasteiger partial charge is 0.508 e. The first kappa shape index (κ1) is 8.33. The first-order chi connectivity index (χ1) is 5.83. The molecule has 0 saturated carbocycles. The lowest BCUT2D eigenvalue weighted by atomic mass is 10.2. The number of hydrogen-bond acceptors (Lipinski definition) is 2. The highest BCUT2D eigenvalue weighted by Gasteiger charge is 1.86. The van der Waals surface area contributed by atoms with Crippen molar-refractivity contribution in [2.75, 3.05) is 0 Å². The van der Waals surface area contributed by atoms with Crippen molar-refractivity contribution < 1.29 is 9.90 Å². The van der Waals surface area contributed by atoms with Gasteiger partial charge in [0.15, 0.2) is 0 Å². The Morgan fingerprint density at radius 2 is 1.92 bits per heavy atom. The molecular formula is C9H9NO2. The topological polar surface area (TPSA) is 49.3 Å². The predicted octanol–water partition coefficient (Wildman–Crippen LogP) is 1.11. The van der Waals surface area contributed by atoms with E-state index < -0.39 is 0 Å². The van der Waals surface area contributed by atoms with Crippen LogP contribution in [0.1, 0.15) is 5.56 Å². The zero-order valence-corrected chi connectivity index (χ0v) is 6.40. The highest BCUT2D eigenvalue weighted by atomic mass is 16.3. The van der Waals surface area contributed by atoms with E-state index in [4.69, 9.17) is 5.11 Å². The molecule has 0 fully saturated rings. The van der Waals surface area contributed by atoms with Gasteiger partial charge in [-0.25, -0.2) is 0 Å². The number of phenols is 1. The Labute approximate surface area is 70.3 Å². The molecule has 1 amide bonds. The minimum atomic E-state index is 0.232. The molecule has 0 atom stereocenters. The van der Waals surface area contributed by atoms with Crippen LogP contribution in [0.2, 0.25) is 0 Å². The number of hydrogen-bond donors (Lipinski definition) is 2. The molecule has 0 saturated heterocycles. The highest BCUT2D eigenvalue weighted by molar-refractivity contribution is 5.55. The Bertz CT molecular complexity index is 277. The monoisotopic (exact) mass is 163 g/mol. The molecule has 1 aromatic rings. The molecular weight excluding hydrogens is 154 g/mol. The maximum absolute atomic E-state index is 9.85. The first-order valence-electron chi connectivity index (χ1n) is 3.48. The van der Waals surface area contributed by atoms with Gasteiger partial charge in [0.2, 0.25) is 6.41 Å². The predicted molar refractivity (Wildman–Crippen MR) is 46.3 cm³/mol. The fourth-order valence-corrected chi connectivity index (χ4v) is 0.769. The summed E-state index contributed by atoms with van der Waals surface area (Å²) in [6, 6.07) is 6.66. The van der Waals surface area contributed by atoms with Gasteiger partial charge in [-0.1, -0.05) is 12.1 Å². The van der Waals surface area contributed by atoms with Crippen molar-refractivity contribution in [1.82, 2.24) is 5.32 Å². The van der Waals surface area contributed by atoms with Crippen molar-refractivity contribution in [3.8, 4) is 5.75 Å². The van der Waals surface area contributed by atoms with Crippen molar-refractivity contribution in [3.63, 3.8) is 0 Å². The van der Waals surface area contributed by atoms with Crippen LogP contribution in [0.3, 0.4) is 0 Å². The van der Waals surface area contributed by atoms with E-state index in [2.05, 4.69) is 5.32 Å². The first-order valence-corrected chi connectivity index (χ1v) is 3.48. The highest BCUT2D eigenvalue weighted by Crippen LogP contribution is 2.09. The Morgan fingerprint density at radius 3 is 2.50 bits per heavy atom. The fraction of sp³-hybridized carbons (Fsp3) is 0. The van der Waals surface area contributed by atoms with Gasteiger partial charge in [0, 0.05) is 6.20 Å². The van der Waals surface area contributed by atoms with Gasteiger partial charge in [-0.3, -0.25) is 4.79 Å². The smallest absolute Gasteiger partial charge is 0.211 e. The Balaban J connectivity index is 2.64. The molecule has 0 aliphatic rings. The minimum absolute atomic E-state index is 0.232. The van der Waals surface area contributed by atoms with Crippen molar-refractivity contribution >= 4 is 12.5 Å². The number of nitrogens with one attached hydrogen (secondary N) is 1. The van der Waals surface area contributed by atoms with Gasteiger partial charge in [0.1, 0.15) is 5.75 Å². The van der Waals surface area contributed by atoms with E-state index in [1.807, 2.05) is 0 Å². The van der Waals surface area contributed by atoms with Crippen LogP contribution in [0.4, 0.5) is 0 Å². The third-order valence-electron chi connectivity index (χ3n) is 1.33. The third-order valence-corrected chi connectivity index (χ3v) is 1.33. The standard InChI is InChI=1S/C9H9NO2/c11-7-10-6-5-8-1-3-9(12)4-2-8/h1-7,12H,(H,10,11)/b6-5+. The quantitative estimate of drug-likeness (QED) is 0.656. The summed E-state index contributed by atoms with van der Waals surface area (Å²) in [5, 5.41) is 11.3. The van der Waals surface area contributed by atoms with Crippen LogP contribution in [-0.4, -0.2) is 11.5 Å². The number of rotatable bonds is 3. The van der Waals surface area contributed by atoms with Crippen LogP contribution in [0.5, 0.6) is 5.75 Å². The normalized spacial score (nSPS) is 10.0. The number of carbonyl (C=O) groups excluding carboxylic acids is 1. The van der Waals surface area contributed by atoms with Crippen LogP contribution in [0, 0.1) is 0 Å². The van der Waals surface area contributed by atoms with Crippen LogP contribution in [-0.2, 0) is 4.79 Å². The van der Waals surface area contributed by atoms with Gasteiger partial charge in [-0.2, -0.15) is 0 Å². The second-order valence-corrected chi connectivity index (χ2v) is 2.21. The molecule has 0 bridgehead atoms. The van der Waals surface area contributed by atoms with E-state index in [0.717, 1.165) is 5.56 Å². The number of amides is 1. The van der Waals surface area contributed by atoms with Gasteiger partial charge in [0.05, 0.1) is 0 Å². The second-order valence-electron chi connectivity index (χ2n) is 2.21. The average molecular weight is 163 g/mol. The fourth-order valence-electron chi connectivity index (χ4n) is 0.769. The molecule has 0 spiro atoms. The molecule has 1 rings (SSSR count). The Morgan fingerprint density at radius 1 is 1.25 bits per heavy atom. The summed E-state index contributed by atoms with van der Waals surface area (Å²) in [5.74, 6) is 0.232. The molecule has 62 valence electrons. The summed E-state index contributed by atoms with van der Waals surface area (Å²) < 4.78 is 0. The molecule has 1 aromatic carbocycles. The number of phenolic OH excluding ortho intramolecular Hbond substituents is 1. The molecule has 2 N–H and O–H groups in total. The average Bonchev–Trinajstić information content (AvgIpc) is 2.09. The summed E-state index contributed by atoms with van der Waals surface area (Å²) in [6.45, 7) is 0. The van der Waals surface area contributed by atoms with E-state index in [1.165, 1.54) is 6.20 Å². The molecule has 0 aliphatic carbocycles. The lowest BCUT2D eigenvalue weighted by Crippen LogP contribution is -1.97. The van der Waals surface area contributed by atoms with Crippen molar-refractivity contribution in [3.05, 3.63) is 36.0 Å². The molecule has 0 aliphatic heterocycles. The minimum Gasteiger partial charge on any atom is -0.508 e. The third kappa shape index (κ3) is 2.46. The van der Waals surface area contributed by atoms with E-state index in [0.29, 0.717) is 6.41 Å². The van der Waals surface area contributed by atoms with E-state index in [1.54, 1.807) is 30.3 Å². The molecule has 0 unspecified atom stereocenters. The van der Waals surface area contributed by atoms with Crippen molar-refractivity contribution in [2.45, 2.75) is 0 Å². The van der Waals surface area contributed by atoms with Crippen LogP contribution >= 0.6 is 0 Å². The summed E-state index contributed by atoms with van der Waals surface area (Å²) >= 11 is 0. The Hall–Kier alpha value is -1.77. The molecule has 12 heavy (non-hydrogen) atoms. The van der Waals surface area contributed by atoms with Crippen LogP contribution in [0.25, 0.3) is 6.08 Å². The van der Waals surface area contributed by atoms with Gasteiger partial charge in [-0.05, 0) is 23.8 Å². The van der Waals surface area contributed by atoms with Crippen molar-refractivity contribution in [1.29, 1.82) is 0 Å². The summed E-state index contributed by atoms with van der Waals surface area (Å²) in [4.78, 5) is 9.85. The zero-order valence-electron chi connectivity index (χ0n) is 6.40.